The molecule has 0 aromatic heterocycles. The molecule has 18 heavy (non-hydrogen) atoms. The van der Waals surface area contributed by atoms with Crippen LogP contribution in [0.15, 0.2) is 0 Å². The number of nitrogens with zero attached hydrogens (tertiary/aromatic N) is 1. The van der Waals surface area contributed by atoms with E-state index in [1.807, 2.05) is 4.90 Å². The topological polar surface area (TPSA) is 52.6 Å². The molecule has 2 unspecified atom stereocenters. The maximum Gasteiger partial charge on any atom is 0.317 e. The zero-order chi connectivity index (χ0) is 12.5. The monoisotopic (exact) mass is 252 g/mol. The SMILES string of the molecule is O=C(NC1CCC(O)CC1)N1CC2CCCC2C1. The van der Waals surface area contributed by atoms with Crippen LogP contribution in [0.5, 0.6) is 0 Å². The van der Waals surface area contributed by atoms with Crippen molar-refractivity contribution < 1.29 is 9.90 Å². The van der Waals surface area contributed by atoms with Crippen molar-refractivity contribution in [2.24, 2.45) is 11.8 Å². The summed E-state index contributed by atoms with van der Waals surface area (Å²) in [5, 5.41) is 12.6. The van der Waals surface area contributed by atoms with Gasteiger partial charge in [-0.2, -0.15) is 0 Å². The summed E-state index contributed by atoms with van der Waals surface area (Å²) in [6.07, 6.45) is 7.33. The maximum absolute atomic E-state index is 12.2. The van der Waals surface area contributed by atoms with Gasteiger partial charge < -0.3 is 15.3 Å². The van der Waals surface area contributed by atoms with Crippen molar-refractivity contribution >= 4 is 6.03 Å². The number of rotatable bonds is 1. The lowest BCUT2D eigenvalue weighted by Crippen LogP contribution is -2.45. The Morgan fingerprint density at radius 2 is 1.61 bits per heavy atom. The highest BCUT2D eigenvalue weighted by molar-refractivity contribution is 5.74. The lowest BCUT2D eigenvalue weighted by Gasteiger charge is -2.28. The number of aliphatic hydroxyl groups excluding tert-OH is 1. The van der Waals surface area contributed by atoms with Crippen molar-refractivity contribution in [3.63, 3.8) is 0 Å². The minimum atomic E-state index is -0.149. The van der Waals surface area contributed by atoms with Crippen LogP contribution in [0.3, 0.4) is 0 Å². The van der Waals surface area contributed by atoms with Crippen molar-refractivity contribution in [1.82, 2.24) is 10.2 Å². The average Bonchev–Trinajstić information content (AvgIpc) is 2.92. The molecule has 2 atom stereocenters. The Bertz CT molecular complexity index is 301. The van der Waals surface area contributed by atoms with Gasteiger partial charge in [0, 0.05) is 19.1 Å². The first kappa shape index (κ1) is 12.3. The number of carbonyl (C=O) groups is 1. The van der Waals surface area contributed by atoms with Crippen molar-refractivity contribution in [3.05, 3.63) is 0 Å². The number of hydrogen-bond donors (Lipinski definition) is 2. The standard InChI is InChI=1S/C14H24N2O2/c17-13-6-4-12(5-7-13)15-14(18)16-8-10-2-1-3-11(10)9-16/h10-13,17H,1-9H2,(H,15,18). The van der Waals surface area contributed by atoms with Gasteiger partial charge in [-0.3, -0.25) is 0 Å². The Morgan fingerprint density at radius 3 is 2.22 bits per heavy atom. The lowest BCUT2D eigenvalue weighted by atomic mass is 9.93. The Balaban J connectivity index is 1.47. The normalized spacial score (nSPS) is 39.7. The Morgan fingerprint density at radius 1 is 1.00 bits per heavy atom. The lowest BCUT2D eigenvalue weighted by molar-refractivity contribution is 0.115. The van der Waals surface area contributed by atoms with Crippen LogP contribution in [0.4, 0.5) is 4.79 Å². The van der Waals surface area contributed by atoms with E-state index in [0.717, 1.165) is 50.6 Å². The molecule has 2 aliphatic carbocycles. The van der Waals surface area contributed by atoms with E-state index in [9.17, 15) is 9.90 Å². The Kier molecular flexibility index (Phi) is 3.46. The van der Waals surface area contributed by atoms with E-state index in [0.29, 0.717) is 0 Å². The molecule has 102 valence electrons. The van der Waals surface area contributed by atoms with E-state index in [4.69, 9.17) is 0 Å². The van der Waals surface area contributed by atoms with Crippen LogP contribution in [0.25, 0.3) is 0 Å². The minimum absolute atomic E-state index is 0.130. The van der Waals surface area contributed by atoms with E-state index in [2.05, 4.69) is 5.32 Å². The zero-order valence-electron chi connectivity index (χ0n) is 11.0. The van der Waals surface area contributed by atoms with Gasteiger partial charge in [-0.25, -0.2) is 4.79 Å². The molecule has 1 heterocycles. The van der Waals surface area contributed by atoms with Gasteiger partial charge in [0.1, 0.15) is 0 Å². The predicted octanol–water partition coefficient (Wildman–Crippen LogP) is 1.73. The molecule has 3 fully saturated rings. The largest absolute Gasteiger partial charge is 0.393 e. The Hall–Kier alpha value is -0.770. The molecule has 3 rings (SSSR count). The quantitative estimate of drug-likeness (QED) is 0.747. The zero-order valence-corrected chi connectivity index (χ0v) is 11.0. The summed E-state index contributed by atoms with van der Waals surface area (Å²) in [6, 6.07) is 0.409. The number of amides is 2. The molecule has 2 amide bonds. The third kappa shape index (κ3) is 2.48. The summed E-state index contributed by atoms with van der Waals surface area (Å²) >= 11 is 0. The second-order valence-corrected chi connectivity index (χ2v) is 6.31. The van der Waals surface area contributed by atoms with Crippen LogP contribution in [0.1, 0.15) is 44.9 Å². The number of aliphatic hydroxyl groups is 1. The van der Waals surface area contributed by atoms with Crippen LogP contribution in [-0.2, 0) is 0 Å². The van der Waals surface area contributed by atoms with Crippen molar-refractivity contribution in [1.29, 1.82) is 0 Å². The molecule has 0 bridgehead atoms. The van der Waals surface area contributed by atoms with Gasteiger partial charge in [-0.05, 0) is 50.4 Å². The molecular weight excluding hydrogens is 228 g/mol. The molecule has 2 N–H and O–H groups in total. The fourth-order valence-electron chi connectivity index (χ4n) is 3.89. The molecule has 1 saturated heterocycles. The first-order valence-corrected chi connectivity index (χ1v) is 7.46. The van der Waals surface area contributed by atoms with E-state index in [1.54, 1.807) is 0 Å². The first-order valence-electron chi connectivity index (χ1n) is 7.46. The summed E-state index contributed by atoms with van der Waals surface area (Å²) < 4.78 is 0. The maximum atomic E-state index is 12.2. The third-order valence-electron chi connectivity index (χ3n) is 5.04. The van der Waals surface area contributed by atoms with Crippen LogP contribution in [-0.4, -0.2) is 41.3 Å². The van der Waals surface area contributed by atoms with Gasteiger partial charge >= 0.3 is 6.03 Å². The second-order valence-electron chi connectivity index (χ2n) is 6.31. The summed E-state index contributed by atoms with van der Waals surface area (Å²) in [6.45, 7) is 1.93. The van der Waals surface area contributed by atoms with Crippen LogP contribution < -0.4 is 5.32 Å². The van der Waals surface area contributed by atoms with E-state index >= 15 is 0 Å². The van der Waals surface area contributed by atoms with Crippen LogP contribution in [0.2, 0.25) is 0 Å². The molecule has 0 aromatic rings. The highest BCUT2D eigenvalue weighted by atomic mass is 16.3. The Labute approximate surface area is 109 Å². The molecule has 2 saturated carbocycles. The molecular formula is C14H24N2O2. The number of fused-ring (bicyclic) bond motifs is 1. The number of urea groups is 1. The van der Waals surface area contributed by atoms with Gasteiger partial charge in [0.25, 0.3) is 0 Å². The van der Waals surface area contributed by atoms with Gasteiger partial charge in [0.15, 0.2) is 0 Å². The molecule has 4 nitrogen and oxygen atoms in total. The number of hydrogen-bond acceptors (Lipinski definition) is 2. The summed E-state index contributed by atoms with van der Waals surface area (Å²) in [5.41, 5.74) is 0. The van der Waals surface area contributed by atoms with Crippen LogP contribution in [0, 0.1) is 11.8 Å². The minimum Gasteiger partial charge on any atom is -0.393 e. The van der Waals surface area contributed by atoms with Crippen molar-refractivity contribution in [3.8, 4) is 0 Å². The molecule has 1 aliphatic heterocycles. The van der Waals surface area contributed by atoms with Gasteiger partial charge in [-0.1, -0.05) is 6.42 Å². The van der Waals surface area contributed by atoms with Gasteiger partial charge in [0.2, 0.25) is 0 Å². The number of carbonyl (C=O) groups excluding carboxylic acids is 1. The second kappa shape index (κ2) is 5.08. The summed E-state index contributed by atoms with van der Waals surface area (Å²) in [5.74, 6) is 1.54. The summed E-state index contributed by atoms with van der Waals surface area (Å²) in [7, 11) is 0. The van der Waals surface area contributed by atoms with Crippen molar-refractivity contribution in [2.45, 2.75) is 57.1 Å². The highest BCUT2D eigenvalue weighted by Crippen LogP contribution is 2.37. The van der Waals surface area contributed by atoms with Crippen molar-refractivity contribution in [2.75, 3.05) is 13.1 Å². The van der Waals surface area contributed by atoms with E-state index in [1.165, 1.54) is 19.3 Å². The average molecular weight is 252 g/mol. The van der Waals surface area contributed by atoms with E-state index < -0.39 is 0 Å². The number of nitrogens with one attached hydrogen (secondary N) is 1. The molecule has 0 radical (unpaired) electrons. The predicted molar refractivity (Wildman–Crippen MR) is 69.2 cm³/mol. The smallest absolute Gasteiger partial charge is 0.317 e. The third-order valence-corrected chi connectivity index (χ3v) is 5.04. The number of likely N-dealkylation sites (tertiary alicyclic amines) is 1. The molecule has 0 aromatic carbocycles. The molecule has 3 aliphatic rings. The summed E-state index contributed by atoms with van der Waals surface area (Å²) in [4.78, 5) is 14.2. The van der Waals surface area contributed by atoms with Gasteiger partial charge in [-0.15, -0.1) is 0 Å². The van der Waals surface area contributed by atoms with E-state index in [-0.39, 0.29) is 18.2 Å². The first-order chi connectivity index (χ1) is 8.72. The van der Waals surface area contributed by atoms with Crippen LogP contribution >= 0.6 is 0 Å². The fraction of sp³-hybridized carbons (Fsp3) is 0.929. The fourth-order valence-corrected chi connectivity index (χ4v) is 3.89. The molecule has 4 heteroatoms. The molecule has 0 spiro atoms. The highest BCUT2D eigenvalue weighted by Gasteiger charge is 2.38. The van der Waals surface area contributed by atoms with Gasteiger partial charge in [0.05, 0.1) is 6.10 Å².